The van der Waals surface area contributed by atoms with Gasteiger partial charge >= 0.3 is 0 Å². The van der Waals surface area contributed by atoms with E-state index in [9.17, 15) is 9.50 Å². The number of benzene rings is 1. The average Bonchev–Trinajstić information content (AvgIpc) is 2.22. The smallest absolute Gasteiger partial charge is 0.194 e. The molecule has 4 N–H and O–H groups in total. The highest BCUT2D eigenvalue weighted by molar-refractivity contribution is 5.43. The molecule has 15 heavy (non-hydrogen) atoms. The number of ether oxygens (including phenoxy) is 1. The van der Waals surface area contributed by atoms with Gasteiger partial charge in [0.25, 0.3) is 0 Å². The Bertz CT molecular complexity index is 344. The van der Waals surface area contributed by atoms with Crippen molar-refractivity contribution in [1.82, 2.24) is 0 Å². The molecule has 0 radical (unpaired) electrons. The number of hydrogen-bond donors (Lipinski definition) is 3. The molecule has 4 nitrogen and oxygen atoms in total. The molecule has 0 aliphatic rings. The maximum absolute atomic E-state index is 13.1. The van der Waals surface area contributed by atoms with Crippen molar-refractivity contribution in [2.45, 2.75) is 12.5 Å². The molecule has 1 atom stereocenters. The normalized spacial score (nSPS) is 12.5. The van der Waals surface area contributed by atoms with E-state index in [-0.39, 0.29) is 12.4 Å². The topological polar surface area (TPSA) is 75.7 Å². The number of aromatic hydroxyl groups is 1. The van der Waals surface area contributed by atoms with Gasteiger partial charge in [-0.15, -0.1) is 0 Å². The Morgan fingerprint density at radius 1 is 1.53 bits per heavy atom. The van der Waals surface area contributed by atoms with Gasteiger partial charge in [-0.05, 0) is 24.1 Å². The van der Waals surface area contributed by atoms with Crippen LogP contribution in [0.4, 0.5) is 4.39 Å². The molecule has 1 aromatic rings. The molecule has 0 saturated carbocycles. The van der Waals surface area contributed by atoms with Crippen LogP contribution in [0.1, 0.15) is 5.56 Å². The Labute approximate surface area is 87.1 Å². The Balaban J connectivity index is 2.95. The summed E-state index contributed by atoms with van der Waals surface area (Å²) in [4.78, 5) is 0. The first-order valence-corrected chi connectivity index (χ1v) is 4.50. The third-order valence-corrected chi connectivity index (χ3v) is 2.04. The zero-order chi connectivity index (χ0) is 11.4. The molecule has 0 aromatic heterocycles. The van der Waals surface area contributed by atoms with Gasteiger partial charge in [-0.2, -0.15) is 0 Å². The van der Waals surface area contributed by atoms with Gasteiger partial charge < -0.3 is 20.7 Å². The molecule has 0 amide bonds. The summed E-state index contributed by atoms with van der Waals surface area (Å²) in [5.41, 5.74) is 6.08. The second-order valence-electron chi connectivity index (χ2n) is 3.28. The van der Waals surface area contributed by atoms with Gasteiger partial charge in [0.15, 0.2) is 17.3 Å². The van der Waals surface area contributed by atoms with Crippen LogP contribution in [-0.4, -0.2) is 30.0 Å². The van der Waals surface area contributed by atoms with Gasteiger partial charge in [0, 0.05) is 6.04 Å². The van der Waals surface area contributed by atoms with E-state index in [2.05, 4.69) is 0 Å². The number of phenols is 1. The van der Waals surface area contributed by atoms with Crippen molar-refractivity contribution in [2.24, 2.45) is 5.73 Å². The van der Waals surface area contributed by atoms with E-state index in [1.165, 1.54) is 19.2 Å². The number of nitrogens with two attached hydrogens (primary N) is 1. The predicted octanol–water partition coefficient (Wildman–Crippen LogP) is 0.402. The largest absolute Gasteiger partial charge is 0.502 e. The number of phenolic OH excluding ortho intramolecular Hbond substituents is 1. The maximum atomic E-state index is 13.1. The van der Waals surface area contributed by atoms with E-state index < -0.39 is 17.6 Å². The molecule has 5 heteroatoms. The van der Waals surface area contributed by atoms with E-state index in [1.807, 2.05) is 0 Å². The number of halogens is 1. The monoisotopic (exact) mass is 215 g/mol. The highest BCUT2D eigenvalue weighted by atomic mass is 19.1. The minimum absolute atomic E-state index is 0.0649. The molecule has 0 aliphatic heterocycles. The lowest BCUT2D eigenvalue weighted by Gasteiger charge is -2.10. The molecule has 84 valence electrons. The maximum Gasteiger partial charge on any atom is 0.194 e. The van der Waals surface area contributed by atoms with Gasteiger partial charge in [0.05, 0.1) is 13.7 Å². The third-order valence-electron chi connectivity index (χ3n) is 2.04. The molecular weight excluding hydrogens is 201 g/mol. The SMILES string of the molecule is COc1cc(CC(N)CO)cc(F)c1O. The van der Waals surface area contributed by atoms with Crippen LogP contribution in [0.25, 0.3) is 0 Å². The molecule has 0 aliphatic carbocycles. The number of rotatable bonds is 4. The van der Waals surface area contributed by atoms with Crippen LogP contribution >= 0.6 is 0 Å². The number of aliphatic hydroxyl groups excluding tert-OH is 1. The molecule has 0 bridgehead atoms. The average molecular weight is 215 g/mol. The van der Waals surface area contributed by atoms with Crippen LogP contribution in [0.2, 0.25) is 0 Å². The Hall–Kier alpha value is -1.33. The first-order chi connectivity index (χ1) is 7.08. The minimum Gasteiger partial charge on any atom is -0.502 e. The molecule has 1 rings (SSSR count). The van der Waals surface area contributed by atoms with Crippen molar-refractivity contribution < 1.29 is 19.3 Å². The molecule has 0 saturated heterocycles. The van der Waals surface area contributed by atoms with Crippen molar-refractivity contribution in [3.05, 3.63) is 23.5 Å². The van der Waals surface area contributed by atoms with E-state index >= 15 is 0 Å². The minimum atomic E-state index is -0.755. The van der Waals surface area contributed by atoms with E-state index in [4.69, 9.17) is 15.6 Å². The Kier molecular flexibility index (Phi) is 3.88. The van der Waals surface area contributed by atoms with E-state index in [0.717, 1.165) is 0 Å². The van der Waals surface area contributed by atoms with E-state index in [1.54, 1.807) is 0 Å². The van der Waals surface area contributed by atoms with Crippen LogP contribution in [0.5, 0.6) is 11.5 Å². The standard InChI is InChI=1S/C10H14FNO3/c1-15-9-4-6(2-7(12)5-13)3-8(11)10(9)14/h3-4,7,13-14H,2,5,12H2,1H3. The quantitative estimate of drug-likeness (QED) is 0.679. The van der Waals surface area contributed by atoms with Gasteiger partial charge in [0.2, 0.25) is 0 Å². The second kappa shape index (κ2) is 4.95. The summed E-state index contributed by atoms with van der Waals surface area (Å²) in [6.45, 7) is -0.176. The zero-order valence-electron chi connectivity index (χ0n) is 8.40. The Morgan fingerprint density at radius 3 is 2.73 bits per heavy atom. The molecule has 0 spiro atoms. The van der Waals surface area contributed by atoms with Crippen molar-refractivity contribution in [2.75, 3.05) is 13.7 Å². The van der Waals surface area contributed by atoms with Gasteiger partial charge in [-0.25, -0.2) is 4.39 Å². The van der Waals surface area contributed by atoms with E-state index in [0.29, 0.717) is 12.0 Å². The summed E-state index contributed by atoms with van der Waals surface area (Å²) in [6, 6.07) is 2.22. The van der Waals surface area contributed by atoms with Crippen LogP contribution < -0.4 is 10.5 Å². The summed E-state index contributed by atoms with van der Waals surface area (Å²) >= 11 is 0. The number of aliphatic hydroxyl groups is 1. The Morgan fingerprint density at radius 2 is 2.20 bits per heavy atom. The number of hydrogen-bond acceptors (Lipinski definition) is 4. The molecule has 0 fully saturated rings. The fourth-order valence-electron chi connectivity index (χ4n) is 1.27. The number of methoxy groups -OCH3 is 1. The lowest BCUT2D eigenvalue weighted by Crippen LogP contribution is -2.26. The van der Waals surface area contributed by atoms with Crippen molar-refractivity contribution in [3.8, 4) is 11.5 Å². The first-order valence-electron chi connectivity index (χ1n) is 4.50. The van der Waals surface area contributed by atoms with Crippen molar-refractivity contribution >= 4 is 0 Å². The fourth-order valence-corrected chi connectivity index (χ4v) is 1.27. The lowest BCUT2D eigenvalue weighted by atomic mass is 10.1. The van der Waals surface area contributed by atoms with Gasteiger partial charge in [-0.1, -0.05) is 0 Å². The summed E-state index contributed by atoms with van der Waals surface area (Å²) in [6.07, 6.45) is 0.323. The van der Waals surface area contributed by atoms with Crippen molar-refractivity contribution in [1.29, 1.82) is 0 Å². The second-order valence-corrected chi connectivity index (χ2v) is 3.28. The van der Waals surface area contributed by atoms with Crippen molar-refractivity contribution in [3.63, 3.8) is 0 Å². The highest BCUT2D eigenvalue weighted by Crippen LogP contribution is 2.30. The zero-order valence-corrected chi connectivity index (χ0v) is 8.40. The summed E-state index contributed by atoms with van der Waals surface area (Å²) in [5, 5.41) is 18.0. The molecule has 1 unspecified atom stereocenters. The molecule has 1 aromatic carbocycles. The summed E-state index contributed by atoms with van der Waals surface area (Å²) < 4.78 is 17.9. The highest BCUT2D eigenvalue weighted by Gasteiger charge is 2.11. The van der Waals surface area contributed by atoms with Crippen LogP contribution in [0, 0.1) is 5.82 Å². The summed E-state index contributed by atoms with van der Waals surface area (Å²) in [7, 11) is 1.34. The third kappa shape index (κ3) is 2.81. The van der Waals surface area contributed by atoms with Gasteiger partial charge in [0.1, 0.15) is 0 Å². The first kappa shape index (κ1) is 11.7. The predicted molar refractivity (Wildman–Crippen MR) is 53.4 cm³/mol. The van der Waals surface area contributed by atoms with Crippen LogP contribution in [0.15, 0.2) is 12.1 Å². The molecular formula is C10H14FNO3. The van der Waals surface area contributed by atoms with Crippen LogP contribution in [-0.2, 0) is 6.42 Å². The fraction of sp³-hybridized carbons (Fsp3) is 0.400. The summed E-state index contributed by atoms with van der Waals surface area (Å²) in [5.74, 6) is -1.21. The molecule has 0 heterocycles. The van der Waals surface area contributed by atoms with Gasteiger partial charge in [-0.3, -0.25) is 0 Å². The lowest BCUT2D eigenvalue weighted by molar-refractivity contribution is 0.265. The van der Waals surface area contributed by atoms with Crippen LogP contribution in [0.3, 0.4) is 0 Å².